The quantitative estimate of drug-likeness (QED) is 0.842. The van der Waals surface area contributed by atoms with Crippen LogP contribution in [0.3, 0.4) is 0 Å². The molecule has 2 heterocycles. The molecule has 0 saturated carbocycles. The molecular weight excluding hydrogens is 240 g/mol. The van der Waals surface area contributed by atoms with Crippen LogP contribution in [-0.2, 0) is 4.79 Å². The van der Waals surface area contributed by atoms with Crippen molar-refractivity contribution in [1.29, 1.82) is 0 Å². The van der Waals surface area contributed by atoms with Crippen LogP contribution >= 0.6 is 0 Å². The first kappa shape index (κ1) is 14.8. The fourth-order valence-corrected chi connectivity index (χ4v) is 3.54. The molecule has 2 fully saturated rings. The van der Waals surface area contributed by atoms with Crippen molar-refractivity contribution in [3.63, 3.8) is 0 Å². The van der Waals surface area contributed by atoms with Gasteiger partial charge in [-0.25, -0.2) is 0 Å². The zero-order valence-corrected chi connectivity index (χ0v) is 12.3. The minimum absolute atomic E-state index is 0.0238. The van der Waals surface area contributed by atoms with Crippen LogP contribution in [0, 0.1) is 0 Å². The fourth-order valence-electron chi connectivity index (χ4n) is 3.54. The van der Waals surface area contributed by atoms with Crippen LogP contribution in [0.25, 0.3) is 0 Å². The topological polar surface area (TPSA) is 43.8 Å². The van der Waals surface area contributed by atoms with Crippen molar-refractivity contribution < 1.29 is 9.90 Å². The summed E-state index contributed by atoms with van der Waals surface area (Å²) in [4.78, 5) is 16.9. The van der Waals surface area contributed by atoms with E-state index in [0.29, 0.717) is 6.04 Å². The summed E-state index contributed by atoms with van der Waals surface area (Å²) in [5.41, 5.74) is 0. The van der Waals surface area contributed by atoms with Crippen LogP contribution in [0.15, 0.2) is 0 Å². The van der Waals surface area contributed by atoms with E-state index in [2.05, 4.69) is 4.90 Å². The maximum atomic E-state index is 12.5. The van der Waals surface area contributed by atoms with E-state index in [1.165, 1.54) is 6.42 Å². The highest BCUT2D eigenvalue weighted by Crippen LogP contribution is 2.25. The fraction of sp³-hybridized carbons (Fsp3) is 0.933. The molecule has 1 amide bonds. The van der Waals surface area contributed by atoms with Crippen LogP contribution in [-0.4, -0.2) is 58.6 Å². The number of aliphatic hydroxyl groups excluding tert-OH is 1. The van der Waals surface area contributed by atoms with Gasteiger partial charge in [0.1, 0.15) is 0 Å². The Labute approximate surface area is 116 Å². The maximum absolute atomic E-state index is 12.5. The molecule has 110 valence electrons. The largest absolute Gasteiger partial charge is 0.393 e. The minimum atomic E-state index is -0.275. The first-order chi connectivity index (χ1) is 9.09. The van der Waals surface area contributed by atoms with E-state index in [1.807, 2.05) is 18.7 Å². The molecule has 2 saturated heterocycles. The molecule has 2 aliphatic rings. The molecule has 19 heavy (non-hydrogen) atoms. The van der Waals surface area contributed by atoms with E-state index in [9.17, 15) is 9.90 Å². The summed E-state index contributed by atoms with van der Waals surface area (Å²) in [5, 5.41) is 9.58. The second kappa shape index (κ2) is 6.71. The normalized spacial score (nSPS) is 28.4. The van der Waals surface area contributed by atoms with Gasteiger partial charge in [-0.2, -0.15) is 0 Å². The van der Waals surface area contributed by atoms with E-state index in [4.69, 9.17) is 0 Å². The molecule has 4 heteroatoms. The van der Waals surface area contributed by atoms with Gasteiger partial charge in [-0.15, -0.1) is 0 Å². The zero-order valence-electron chi connectivity index (χ0n) is 12.3. The van der Waals surface area contributed by atoms with Crippen molar-refractivity contribution >= 4 is 5.91 Å². The lowest BCUT2D eigenvalue weighted by molar-refractivity contribution is -0.137. The van der Waals surface area contributed by atoms with Crippen LogP contribution in [0.5, 0.6) is 0 Å². The van der Waals surface area contributed by atoms with Gasteiger partial charge in [-0.1, -0.05) is 0 Å². The molecule has 1 N–H and O–H groups in total. The van der Waals surface area contributed by atoms with Crippen molar-refractivity contribution in [2.45, 2.75) is 70.6 Å². The lowest BCUT2D eigenvalue weighted by Crippen LogP contribution is -2.50. The molecule has 2 rings (SSSR count). The Balaban J connectivity index is 1.93. The number of amides is 1. The number of carbonyl (C=O) groups excluding carboxylic acids is 1. The number of rotatable bonds is 4. The average molecular weight is 268 g/mol. The Kier molecular flexibility index (Phi) is 5.22. The maximum Gasteiger partial charge on any atom is 0.239 e. The molecule has 2 aliphatic heterocycles. The smallest absolute Gasteiger partial charge is 0.239 e. The predicted molar refractivity (Wildman–Crippen MR) is 75.9 cm³/mol. The van der Waals surface area contributed by atoms with E-state index in [0.717, 1.165) is 51.7 Å². The third-order valence-electron chi connectivity index (χ3n) is 4.56. The highest BCUT2D eigenvalue weighted by Gasteiger charge is 2.34. The Hall–Kier alpha value is -0.610. The van der Waals surface area contributed by atoms with Crippen molar-refractivity contribution in [2.75, 3.05) is 19.6 Å². The Morgan fingerprint density at radius 2 is 1.84 bits per heavy atom. The van der Waals surface area contributed by atoms with Gasteiger partial charge in [0, 0.05) is 19.1 Å². The summed E-state index contributed by atoms with van der Waals surface area (Å²) in [5.74, 6) is 0.289. The number of carbonyl (C=O) groups is 1. The molecule has 0 aliphatic carbocycles. The van der Waals surface area contributed by atoms with Crippen LogP contribution in [0.4, 0.5) is 0 Å². The molecule has 3 unspecified atom stereocenters. The second-order valence-electron chi connectivity index (χ2n) is 6.18. The van der Waals surface area contributed by atoms with Crippen molar-refractivity contribution in [3.8, 4) is 0 Å². The Morgan fingerprint density at radius 3 is 2.47 bits per heavy atom. The van der Waals surface area contributed by atoms with Crippen LogP contribution in [0.2, 0.25) is 0 Å². The molecule has 0 spiro atoms. The van der Waals surface area contributed by atoms with E-state index >= 15 is 0 Å². The number of nitrogens with zero attached hydrogens (tertiary/aromatic N) is 2. The number of hydrogen-bond acceptors (Lipinski definition) is 3. The van der Waals surface area contributed by atoms with Gasteiger partial charge in [-0.05, 0) is 58.9 Å². The summed E-state index contributed by atoms with van der Waals surface area (Å²) in [7, 11) is 0. The summed E-state index contributed by atoms with van der Waals surface area (Å²) in [6.07, 6.45) is 6.33. The summed E-state index contributed by atoms with van der Waals surface area (Å²) in [6.45, 7) is 6.74. The van der Waals surface area contributed by atoms with Crippen LogP contribution < -0.4 is 0 Å². The minimum Gasteiger partial charge on any atom is -0.393 e. The highest BCUT2D eigenvalue weighted by atomic mass is 16.3. The average Bonchev–Trinajstić information content (AvgIpc) is 2.85. The van der Waals surface area contributed by atoms with Gasteiger partial charge in [-0.3, -0.25) is 9.69 Å². The standard InChI is InChI=1S/C15H28N2O2/c1-12(18)11-14-7-6-10-17(14)13(2)15(19)16-8-4-3-5-9-16/h12-14,18H,3-11H2,1-2H3. The number of hydrogen-bond donors (Lipinski definition) is 1. The van der Waals surface area contributed by atoms with Gasteiger partial charge in [0.25, 0.3) is 0 Å². The molecule has 0 aromatic rings. The molecule has 0 aromatic heterocycles. The van der Waals surface area contributed by atoms with E-state index in [-0.39, 0.29) is 18.1 Å². The van der Waals surface area contributed by atoms with Gasteiger partial charge in [0.15, 0.2) is 0 Å². The number of piperidine rings is 1. The molecular formula is C15H28N2O2. The third kappa shape index (κ3) is 3.69. The molecule has 0 radical (unpaired) electrons. The van der Waals surface area contributed by atoms with Crippen molar-refractivity contribution in [3.05, 3.63) is 0 Å². The summed E-state index contributed by atoms with van der Waals surface area (Å²) >= 11 is 0. The number of likely N-dealkylation sites (tertiary alicyclic amines) is 2. The first-order valence-corrected chi connectivity index (χ1v) is 7.82. The van der Waals surface area contributed by atoms with Crippen molar-refractivity contribution in [2.24, 2.45) is 0 Å². The van der Waals surface area contributed by atoms with Gasteiger partial charge >= 0.3 is 0 Å². The summed E-state index contributed by atoms with van der Waals surface area (Å²) in [6, 6.07) is 0.355. The van der Waals surface area contributed by atoms with Crippen molar-refractivity contribution in [1.82, 2.24) is 9.80 Å². The third-order valence-corrected chi connectivity index (χ3v) is 4.56. The van der Waals surface area contributed by atoms with E-state index < -0.39 is 0 Å². The number of aliphatic hydroxyl groups is 1. The van der Waals surface area contributed by atoms with Crippen LogP contribution in [0.1, 0.15) is 52.4 Å². The summed E-state index contributed by atoms with van der Waals surface area (Å²) < 4.78 is 0. The molecule has 0 bridgehead atoms. The second-order valence-corrected chi connectivity index (χ2v) is 6.18. The highest BCUT2D eigenvalue weighted by molar-refractivity contribution is 5.81. The SMILES string of the molecule is CC(O)CC1CCCN1C(C)C(=O)N1CCCCC1. The zero-order chi connectivity index (χ0) is 13.8. The first-order valence-electron chi connectivity index (χ1n) is 7.82. The lowest BCUT2D eigenvalue weighted by atomic mass is 10.1. The predicted octanol–water partition coefficient (Wildman–Crippen LogP) is 1.62. The molecule has 0 aromatic carbocycles. The van der Waals surface area contributed by atoms with E-state index in [1.54, 1.807) is 0 Å². The van der Waals surface area contributed by atoms with Gasteiger partial charge < -0.3 is 10.0 Å². The monoisotopic (exact) mass is 268 g/mol. The Bertz CT molecular complexity index is 301. The Morgan fingerprint density at radius 1 is 1.16 bits per heavy atom. The van der Waals surface area contributed by atoms with Gasteiger partial charge in [0.2, 0.25) is 5.91 Å². The lowest BCUT2D eigenvalue weighted by Gasteiger charge is -2.35. The molecule has 3 atom stereocenters. The molecule has 4 nitrogen and oxygen atoms in total. The van der Waals surface area contributed by atoms with Gasteiger partial charge in [0.05, 0.1) is 12.1 Å².